The van der Waals surface area contributed by atoms with Gasteiger partial charge in [0, 0.05) is 12.8 Å². The third-order valence-electron chi connectivity index (χ3n) is 2.99. The first-order valence-electron chi connectivity index (χ1n) is 5.68. The number of anilines is 1. The number of rotatable bonds is 4. The topological polar surface area (TPSA) is 89.3 Å². The first-order chi connectivity index (χ1) is 8.95. The van der Waals surface area contributed by atoms with Gasteiger partial charge < -0.3 is 11.1 Å². The van der Waals surface area contributed by atoms with E-state index in [0.717, 1.165) is 12.3 Å². The van der Waals surface area contributed by atoms with Crippen LogP contribution in [0.25, 0.3) is 0 Å². The fourth-order valence-corrected chi connectivity index (χ4v) is 1.63. The first kappa shape index (κ1) is 16.4. The first-order valence-corrected chi connectivity index (χ1v) is 7.57. The Kier molecular flexibility index (Phi) is 4.38. The predicted molar refractivity (Wildman–Crippen MR) is 72.0 cm³/mol. The molecule has 8 heteroatoms. The molecule has 1 aromatic rings. The van der Waals surface area contributed by atoms with E-state index < -0.39 is 43.4 Å². The monoisotopic (exact) mass is 306 g/mol. The van der Waals surface area contributed by atoms with Gasteiger partial charge in [-0.05, 0) is 26.0 Å². The van der Waals surface area contributed by atoms with Gasteiger partial charge >= 0.3 is 0 Å². The Morgan fingerprint density at radius 1 is 1.35 bits per heavy atom. The molecule has 0 heterocycles. The maximum atomic E-state index is 13.6. The Morgan fingerprint density at radius 2 is 1.90 bits per heavy atom. The van der Waals surface area contributed by atoms with Crippen LogP contribution in [-0.2, 0) is 9.84 Å². The van der Waals surface area contributed by atoms with Gasteiger partial charge in [0.1, 0.15) is 5.82 Å². The van der Waals surface area contributed by atoms with Gasteiger partial charge in [0.2, 0.25) is 0 Å². The summed E-state index contributed by atoms with van der Waals surface area (Å²) in [7, 11) is -3.41. The van der Waals surface area contributed by atoms with Gasteiger partial charge in [-0.3, -0.25) is 4.79 Å². The van der Waals surface area contributed by atoms with Crippen LogP contribution in [-0.4, -0.2) is 31.9 Å². The molecule has 0 aliphatic heterocycles. The van der Waals surface area contributed by atoms with Crippen LogP contribution in [0.5, 0.6) is 0 Å². The van der Waals surface area contributed by atoms with E-state index in [-0.39, 0.29) is 6.54 Å². The fourth-order valence-electron chi connectivity index (χ4n) is 1.30. The standard InChI is InChI=1S/C12H16F2N2O3S/c1-12(2,20(3,18)19)6-16-11(17)8-4-7(13)5-9(15)10(8)14/h4-5H,6,15H2,1-3H3,(H,16,17). The number of nitrogens with two attached hydrogens (primary N) is 1. The van der Waals surface area contributed by atoms with Crippen LogP contribution in [0.3, 0.4) is 0 Å². The molecule has 112 valence electrons. The fraction of sp³-hybridized carbons (Fsp3) is 0.417. The van der Waals surface area contributed by atoms with Crippen molar-refractivity contribution in [1.82, 2.24) is 5.32 Å². The number of sulfone groups is 1. The summed E-state index contributed by atoms with van der Waals surface area (Å²) in [6, 6.07) is 1.46. The molecule has 0 aromatic heterocycles. The third-order valence-corrected chi connectivity index (χ3v) is 5.14. The average Bonchev–Trinajstić information content (AvgIpc) is 2.29. The van der Waals surface area contributed by atoms with Crippen molar-refractivity contribution < 1.29 is 22.0 Å². The zero-order chi connectivity index (χ0) is 15.7. The van der Waals surface area contributed by atoms with E-state index in [0.29, 0.717) is 6.07 Å². The van der Waals surface area contributed by atoms with Crippen molar-refractivity contribution in [2.75, 3.05) is 18.5 Å². The molecule has 0 atom stereocenters. The highest BCUT2D eigenvalue weighted by Gasteiger charge is 2.31. The third kappa shape index (κ3) is 3.44. The van der Waals surface area contributed by atoms with E-state index in [4.69, 9.17) is 5.73 Å². The number of hydrogen-bond donors (Lipinski definition) is 2. The maximum Gasteiger partial charge on any atom is 0.254 e. The summed E-state index contributed by atoms with van der Waals surface area (Å²) in [6.45, 7) is 2.60. The number of carbonyl (C=O) groups excluding carboxylic acids is 1. The number of hydrogen-bond acceptors (Lipinski definition) is 4. The molecule has 0 fully saturated rings. The minimum atomic E-state index is -3.41. The molecule has 5 nitrogen and oxygen atoms in total. The van der Waals surface area contributed by atoms with Crippen molar-refractivity contribution in [2.45, 2.75) is 18.6 Å². The van der Waals surface area contributed by atoms with E-state index in [2.05, 4.69) is 5.32 Å². The summed E-state index contributed by atoms with van der Waals surface area (Å²) in [5.74, 6) is -2.82. The smallest absolute Gasteiger partial charge is 0.254 e. The Bertz CT molecular complexity index is 642. The van der Waals surface area contributed by atoms with E-state index in [1.165, 1.54) is 13.8 Å². The van der Waals surface area contributed by atoms with Crippen LogP contribution >= 0.6 is 0 Å². The highest BCUT2D eigenvalue weighted by molar-refractivity contribution is 7.92. The Labute approximate surface area is 116 Å². The number of nitrogen functional groups attached to an aromatic ring is 1. The number of carbonyl (C=O) groups is 1. The summed E-state index contributed by atoms with van der Waals surface area (Å²) < 4.78 is 48.4. The van der Waals surface area contributed by atoms with Gasteiger partial charge in [-0.25, -0.2) is 17.2 Å². The van der Waals surface area contributed by atoms with Crippen molar-refractivity contribution >= 4 is 21.4 Å². The highest BCUT2D eigenvalue weighted by atomic mass is 32.2. The van der Waals surface area contributed by atoms with Gasteiger partial charge in [0.15, 0.2) is 15.7 Å². The number of benzene rings is 1. The molecular formula is C12H16F2N2O3S. The van der Waals surface area contributed by atoms with Crippen LogP contribution < -0.4 is 11.1 Å². The minimum absolute atomic E-state index is 0.236. The summed E-state index contributed by atoms with van der Waals surface area (Å²) >= 11 is 0. The lowest BCUT2D eigenvalue weighted by Gasteiger charge is -2.22. The van der Waals surface area contributed by atoms with Crippen molar-refractivity contribution in [3.63, 3.8) is 0 Å². The van der Waals surface area contributed by atoms with Crippen LogP contribution in [0.15, 0.2) is 12.1 Å². The molecule has 0 saturated carbocycles. The summed E-state index contributed by atoms with van der Waals surface area (Å²) in [5.41, 5.74) is 4.17. The van der Waals surface area contributed by atoms with Gasteiger partial charge in [-0.2, -0.15) is 0 Å². The molecule has 0 saturated heterocycles. The zero-order valence-electron chi connectivity index (χ0n) is 11.3. The maximum absolute atomic E-state index is 13.6. The molecule has 0 radical (unpaired) electrons. The lowest BCUT2D eigenvalue weighted by molar-refractivity contribution is 0.0946. The second kappa shape index (κ2) is 5.35. The number of halogens is 2. The molecule has 0 aliphatic carbocycles. The van der Waals surface area contributed by atoms with Crippen LogP contribution in [0.4, 0.5) is 14.5 Å². The Morgan fingerprint density at radius 3 is 2.40 bits per heavy atom. The van der Waals surface area contributed by atoms with E-state index in [9.17, 15) is 22.0 Å². The average molecular weight is 306 g/mol. The molecule has 0 aliphatic rings. The quantitative estimate of drug-likeness (QED) is 0.815. The molecule has 0 unspecified atom stereocenters. The SMILES string of the molecule is CC(C)(CNC(=O)c1cc(F)cc(N)c1F)S(C)(=O)=O. The van der Waals surface area contributed by atoms with Crippen molar-refractivity contribution in [2.24, 2.45) is 0 Å². The molecule has 3 N–H and O–H groups in total. The molecule has 20 heavy (non-hydrogen) atoms. The molecule has 1 aromatic carbocycles. The molecule has 0 spiro atoms. The Hall–Kier alpha value is -1.70. The Balaban J connectivity index is 2.94. The molecule has 0 bridgehead atoms. The van der Waals surface area contributed by atoms with Crippen molar-refractivity contribution in [3.05, 3.63) is 29.3 Å². The lowest BCUT2D eigenvalue weighted by Crippen LogP contribution is -2.44. The van der Waals surface area contributed by atoms with Gasteiger partial charge in [0.05, 0.1) is 16.0 Å². The van der Waals surface area contributed by atoms with Crippen molar-refractivity contribution in [3.8, 4) is 0 Å². The van der Waals surface area contributed by atoms with Gasteiger partial charge in [-0.15, -0.1) is 0 Å². The predicted octanol–water partition coefficient (Wildman–Crippen LogP) is 1.10. The van der Waals surface area contributed by atoms with Crippen LogP contribution in [0.1, 0.15) is 24.2 Å². The number of amides is 1. The normalized spacial score (nSPS) is 12.2. The van der Waals surface area contributed by atoms with E-state index in [1.807, 2.05) is 0 Å². The second-order valence-corrected chi connectivity index (χ2v) is 7.72. The highest BCUT2D eigenvalue weighted by Crippen LogP contribution is 2.18. The molecule has 1 amide bonds. The van der Waals surface area contributed by atoms with Crippen LogP contribution in [0.2, 0.25) is 0 Å². The second-order valence-electron chi connectivity index (χ2n) is 5.07. The largest absolute Gasteiger partial charge is 0.396 e. The number of nitrogens with one attached hydrogen (secondary N) is 1. The van der Waals surface area contributed by atoms with E-state index in [1.54, 1.807) is 0 Å². The van der Waals surface area contributed by atoms with E-state index >= 15 is 0 Å². The summed E-state index contributed by atoms with van der Waals surface area (Å²) in [4.78, 5) is 11.8. The van der Waals surface area contributed by atoms with Crippen molar-refractivity contribution in [1.29, 1.82) is 0 Å². The van der Waals surface area contributed by atoms with Gasteiger partial charge in [-0.1, -0.05) is 0 Å². The molecule has 1 rings (SSSR count). The van der Waals surface area contributed by atoms with Gasteiger partial charge in [0.25, 0.3) is 5.91 Å². The zero-order valence-corrected chi connectivity index (χ0v) is 12.1. The molecular weight excluding hydrogens is 290 g/mol. The van der Waals surface area contributed by atoms with Crippen LogP contribution in [0, 0.1) is 11.6 Å². The summed E-state index contributed by atoms with van der Waals surface area (Å²) in [5, 5.41) is 2.26. The minimum Gasteiger partial charge on any atom is -0.396 e. The summed E-state index contributed by atoms with van der Waals surface area (Å²) in [6.07, 6.45) is 1.03. The lowest BCUT2D eigenvalue weighted by atomic mass is 10.1.